The van der Waals surface area contributed by atoms with Crippen molar-refractivity contribution in [3.63, 3.8) is 0 Å². The number of rotatable bonds is 1. The van der Waals surface area contributed by atoms with Crippen LogP contribution in [0.2, 0.25) is 0 Å². The van der Waals surface area contributed by atoms with E-state index in [1.807, 2.05) is 0 Å². The molecule has 0 aromatic carbocycles. The van der Waals surface area contributed by atoms with Gasteiger partial charge in [-0.05, 0) is 42.9 Å². The Hall–Kier alpha value is -0.0400. The fourth-order valence-corrected chi connectivity index (χ4v) is 4.52. The molecule has 3 aliphatic carbocycles. The molecule has 1 heteroatoms. The molecule has 0 aromatic heterocycles. The summed E-state index contributed by atoms with van der Waals surface area (Å²) in [6, 6.07) is 0. The molecule has 3 aliphatic rings. The monoisotopic (exact) mass is 194 g/mol. The lowest BCUT2D eigenvalue weighted by Gasteiger charge is -2.23. The first-order chi connectivity index (χ1) is 6.74. The molecule has 80 valence electrons. The third kappa shape index (κ3) is 1.05. The van der Waals surface area contributed by atoms with Gasteiger partial charge in [-0.1, -0.05) is 32.6 Å². The molecule has 0 saturated heterocycles. The second kappa shape index (κ2) is 2.98. The maximum absolute atomic E-state index is 10.8. The molecule has 0 amide bonds. The van der Waals surface area contributed by atoms with Crippen molar-refractivity contribution in [2.45, 2.75) is 57.5 Å². The van der Waals surface area contributed by atoms with Crippen LogP contribution in [-0.2, 0) is 0 Å². The van der Waals surface area contributed by atoms with Gasteiger partial charge in [0.2, 0.25) is 0 Å². The maximum Gasteiger partial charge on any atom is 0.0741 e. The van der Waals surface area contributed by atoms with Crippen LogP contribution in [0.5, 0.6) is 0 Å². The summed E-state index contributed by atoms with van der Waals surface area (Å²) < 4.78 is 0. The lowest BCUT2D eigenvalue weighted by Crippen LogP contribution is -2.28. The second-order valence-corrected chi connectivity index (χ2v) is 5.90. The van der Waals surface area contributed by atoms with Crippen LogP contribution in [0.25, 0.3) is 0 Å². The fourth-order valence-electron chi connectivity index (χ4n) is 4.52. The van der Waals surface area contributed by atoms with E-state index >= 15 is 0 Å². The van der Waals surface area contributed by atoms with Gasteiger partial charge in [0.1, 0.15) is 0 Å². The van der Waals surface area contributed by atoms with E-state index in [2.05, 4.69) is 6.92 Å². The minimum atomic E-state index is -0.202. The van der Waals surface area contributed by atoms with Crippen LogP contribution >= 0.6 is 0 Å². The Kier molecular flexibility index (Phi) is 1.96. The van der Waals surface area contributed by atoms with Crippen molar-refractivity contribution in [3.8, 4) is 0 Å². The van der Waals surface area contributed by atoms with Gasteiger partial charge < -0.3 is 5.11 Å². The normalized spacial score (nSPS) is 57.0. The minimum absolute atomic E-state index is 0.202. The van der Waals surface area contributed by atoms with E-state index in [4.69, 9.17) is 0 Å². The van der Waals surface area contributed by atoms with Gasteiger partial charge in [0.05, 0.1) is 5.60 Å². The smallest absolute Gasteiger partial charge is 0.0741 e. The van der Waals surface area contributed by atoms with E-state index in [1.54, 1.807) is 0 Å². The summed E-state index contributed by atoms with van der Waals surface area (Å²) in [5.41, 5.74) is -0.202. The summed E-state index contributed by atoms with van der Waals surface area (Å²) in [6.07, 6.45) is 9.36. The molecule has 14 heavy (non-hydrogen) atoms. The Labute approximate surface area is 86.9 Å². The molecule has 0 aromatic rings. The second-order valence-electron chi connectivity index (χ2n) is 5.90. The van der Waals surface area contributed by atoms with Gasteiger partial charge in [0.25, 0.3) is 0 Å². The summed E-state index contributed by atoms with van der Waals surface area (Å²) in [6.45, 7) is 2.35. The standard InChI is InChI=1S/C13H22O/c1-9-5-4-8-10(9)13(14)11-6-2-3-7-12(11)13/h9-12,14H,2-8H2,1H3. The molecule has 3 fully saturated rings. The molecular weight excluding hydrogens is 172 g/mol. The molecule has 1 nitrogen and oxygen atoms in total. The number of hydrogen-bond donors (Lipinski definition) is 1. The molecule has 4 atom stereocenters. The summed E-state index contributed by atoms with van der Waals surface area (Å²) in [5, 5.41) is 10.8. The van der Waals surface area contributed by atoms with Crippen LogP contribution in [0, 0.1) is 23.7 Å². The summed E-state index contributed by atoms with van der Waals surface area (Å²) in [7, 11) is 0. The summed E-state index contributed by atoms with van der Waals surface area (Å²) in [5.74, 6) is 2.82. The molecule has 0 bridgehead atoms. The first kappa shape index (κ1) is 9.21. The Morgan fingerprint density at radius 3 is 1.93 bits per heavy atom. The molecular formula is C13H22O. The van der Waals surface area contributed by atoms with Crippen LogP contribution in [0.3, 0.4) is 0 Å². The zero-order valence-electron chi connectivity index (χ0n) is 9.21. The average molecular weight is 194 g/mol. The Morgan fingerprint density at radius 1 is 0.857 bits per heavy atom. The van der Waals surface area contributed by atoms with E-state index in [0.29, 0.717) is 17.8 Å². The van der Waals surface area contributed by atoms with E-state index in [9.17, 15) is 5.11 Å². The first-order valence-electron chi connectivity index (χ1n) is 6.47. The highest BCUT2D eigenvalue weighted by atomic mass is 16.3. The topological polar surface area (TPSA) is 20.2 Å². The Balaban J connectivity index is 1.78. The van der Waals surface area contributed by atoms with Gasteiger partial charge in [0, 0.05) is 0 Å². The van der Waals surface area contributed by atoms with Crippen molar-refractivity contribution in [1.29, 1.82) is 0 Å². The highest BCUT2D eigenvalue weighted by molar-refractivity contribution is 5.17. The van der Waals surface area contributed by atoms with Gasteiger partial charge >= 0.3 is 0 Å². The van der Waals surface area contributed by atoms with Gasteiger partial charge in [-0.25, -0.2) is 0 Å². The van der Waals surface area contributed by atoms with Crippen molar-refractivity contribution < 1.29 is 5.11 Å². The molecule has 0 radical (unpaired) electrons. The lowest BCUT2D eigenvalue weighted by molar-refractivity contribution is 0.0377. The predicted octanol–water partition coefficient (Wildman–Crippen LogP) is 2.97. The van der Waals surface area contributed by atoms with Crippen LogP contribution in [0.4, 0.5) is 0 Å². The molecule has 3 saturated carbocycles. The van der Waals surface area contributed by atoms with E-state index in [-0.39, 0.29) is 5.60 Å². The zero-order chi connectivity index (χ0) is 9.76. The van der Waals surface area contributed by atoms with Gasteiger partial charge in [-0.15, -0.1) is 0 Å². The highest BCUT2D eigenvalue weighted by Gasteiger charge is 2.67. The van der Waals surface area contributed by atoms with Gasteiger partial charge in [0.15, 0.2) is 0 Å². The largest absolute Gasteiger partial charge is 0.389 e. The minimum Gasteiger partial charge on any atom is -0.389 e. The molecule has 0 aliphatic heterocycles. The van der Waals surface area contributed by atoms with E-state index in [0.717, 1.165) is 5.92 Å². The molecule has 0 spiro atoms. The van der Waals surface area contributed by atoms with Gasteiger partial charge in [-0.2, -0.15) is 0 Å². The molecule has 1 N–H and O–H groups in total. The molecule has 0 heterocycles. The Morgan fingerprint density at radius 2 is 1.43 bits per heavy atom. The third-order valence-electron chi connectivity index (χ3n) is 5.30. The number of fused-ring (bicyclic) bond motifs is 1. The van der Waals surface area contributed by atoms with Crippen LogP contribution in [-0.4, -0.2) is 10.7 Å². The van der Waals surface area contributed by atoms with Crippen molar-refractivity contribution in [2.75, 3.05) is 0 Å². The van der Waals surface area contributed by atoms with Crippen molar-refractivity contribution >= 4 is 0 Å². The zero-order valence-corrected chi connectivity index (χ0v) is 9.21. The van der Waals surface area contributed by atoms with Gasteiger partial charge in [-0.3, -0.25) is 0 Å². The average Bonchev–Trinajstić information content (AvgIpc) is 2.57. The quantitative estimate of drug-likeness (QED) is 0.680. The highest BCUT2D eigenvalue weighted by Crippen LogP contribution is 2.65. The summed E-state index contributed by atoms with van der Waals surface area (Å²) >= 11 is 0. The molecule has 3 rings (SSSR count). The van der Waals surface area contributed by atoms with Crippen LogP contribution in [0.15, 0.2) is 0 Å². The van der Waals surface area contributed by atoms with Crippen LogP contribution in [0.1, 0.15) is 51.9 Å². The predicted molar refractivity (Wildman–Crippen MR) is 56.9 cm³/mol. The first-order valence-corrected chi connectivity index (χ1v) is 6.47. The Bertz CT molecular complexity index is 223. The maximum atomic E-state index is 10.8. The summed E-state index contributed by atoms with van der Waals surface area (Å²) in [4.78, 5) is 0. The van der Waals surface area contributed by atoms with Crippen molar-refractivity contribution in [3.05, 3.63) is 0 Å². The van der Waals surface area contributed by atoms with Crippen molar-refractivity contribution in [2.24, 2.45) is 23.7 Å². The fraction of sp³-hybridized carbons (Fsp3) is 1.00. The van der Waals surface area contributed by atoms with E-state index < -0.39 is 0 Å². The molecule has 4 unspecified atom stereocenters. The van der Waals surface area contributed by atoms with Crippen LogP contribution < -0.4 is 0 Å². The number of aliphatic hydroxyl groups is 1. The van der Waals surface area contributed by atoms with E-state index in [1.165, 1.54) is 44.9 Å². The third-order valence-corrected chi connectivity index (χ3v) is 5.30. The van der Waals surface area contributed by atoms with Crippen molar-refractivity contribution in [1.82, 2.24) is 0 Å². The lowest BCUT2D eigenvalue weighted by atomic mass is 9.87. The SMILES string of the molecule is CC1CCCC1C1(O)C2CCCCC21. The number of hydrogen-bond acceptors (Lipinski definition) is 1.